The molecule has 2 aromatic carbocycles. The molecule has 106 valence electrons. The minimum absolute atomic E-state index is 0.178. The lowest BCUT2D eigenvalue weighted by Gasteiger charge is -2.21. The molecule has 1 unspecified atom stereocenters. The van der Waals surface area contributed by atoms with Crippen LogP contribution >= 0.6 is 27.5 Å². The van der Waals surface area contributed by atoms with Crippen molar-refractivity contribution in [1.82, 2.24) is 5.32 Å². The molecule has 0 aliphatic heterocycles. The van der Waals surface area contributed by atoms with E-state index in [1.54, 1.807) is 0 Å². The topological polar surface area (TPSA) is 12.0 Å². The van der Waals surface area contributed by atoms with E-state index in [1.807, 2.05) is 20.0 Å². The zero-order valence-corrected chi connectivity index (χ0v) is 14.6. The molecule has 0 aliphatic carbocycles. The third-order valence-corrected chi connectivity index (χ3v) is 4.96. The van der Waals surface area contributed by atoms with Gasteiger partial charge in [-0.25, -0.2) is 0 Å². The zero-order valence-electron chi connectivity index (χ0n) is 12.2. The maximum Gasteiger partial charge on any atom is 0.0577 e. The van der Waals surface area contributed by atoms with Gasteiger partial charge in [0.25, 0.3) is 0 Å². The highest BCUT2D eigenvalue weighted by molar-refractivity contribution is 9.10. The summed E-state index contributed by atoms with van der Waals surface area (Å²) in [6, 6.07) is 10.9. The highest BCUT2D eigenvalue weighted by Crippen LogP contribution is 2.30. The van der Waals surface area contributed by atoms with Crippen LogP contribution < -0.4 is 5.32 Å². The second-order valence-electron chi connectivity index (χ2n) is 5.19. The van der Waals surface area contributed by atoms with Crippen LogP contribution in [-0.4, -0.2) is 7.05 Å². The molecule has 0 fully saturated rings. The highest BCUT2D eigenvalue weighted by Gasteiger charge is 2.16. The first-order chi connectivity index (χ1) is 9.43. The van der Waals surface area contributed by atoms with Gasteiger partial charge in [-0.1, -0.05) is 45.7 Å². The Morgan fingerprint density at radius 3 is 2.30 bits per heavy atom. The van der Waals surface area contributed by atoms with Crippen LogP contribution in [0.3, 0.4) is 0 Å². The smallest absolute Gasteiger partial charge is 0.0577 e. The lowest BCUT2D eigenvalue weighted by Crippen LogP contribution is -2.19. The summed E-state index contributed by atoms with van der Waals surface area (Å²) in [6.45, 7) is 6.27. The SMILES string of the molecule is CNC(c1ccc(Br)c(C)c1)c1cc(C)c(Cl)cc1C. The second kappa shape index (κ2) is 6.30. The minimum Gasteiger partial charge on any atom is -0.309 e. The Hall–Kier alpha value is -0.830. The van der Waals surface area contributed by atoms with Gasteiger partial charge in [0, 0.05) is 9.50 Å². The summed E-state index contributed by atoms with van der Waals surface area (Å²) >= 11 is 9.75. The Kier molecular flexibility index (Phi) is 4.90. The van der Waals surface area contributed by atoms with Gasteiger partial charge in [-0.3, -0.25) is 0 Å². The van der Waals surface area contributed by atoms with Crippen molar-refractivity contribution in [1.29, 1.82) is 0 Å². The first-order valence-corrected chi connectivity index (χ1v) is 7.81. The molecular weight excluding hydrogens is 334 g/mol. The van der Waals surface area contributed by atoms with Crippen LogP contribution in [-0.2, 0) is 0 Å². The number of aryl methyl sites for hydroxylation is 3. The van der Waals surface area contributed by atoms with Gasteiger partial charge in [0.15, 0.2) is 0 Å². The Balaban J connectivity index is 2.52. The molecule has 1 nitrogen and oxygen atoms in total. The molecule has 0 radical (unpaired) electrons. The Labute approximate surface area is 134 Å². The van der Waals surface area contributed by atoms with Crippen molar-refractivity contribution in [2.24, 2.45) is 0 Å². The van der Waals surface area contributed by atoms with Crippen molar-refractivity contribution in [2.75, 3.05) is 7.05 Å². The van der Waals surface area contributed by atoms with Crippen molar-refractivity contribution in [2.45, 2.75) is 26.8 Å². The summed E-state index contributed by atoms with van der Waals surface area (Å²) in [5, 5.41) is 4.24. The van der Waals surface area contributed by atoms with Crippen LogP contribution in [0.15, 0.2) is 34.8 Å². The number of hydrogen-bond donors (Lipinski definition) is 1. The first-order valence-electron chi connectivity index (χ1n) is 6.64. The van der Waals surface area contributed by atoms with Crippen LogP contribution in [0.4, 0.5) is 0 Å². The van der Waals surface area contributed by atoms with Gasteiger partial charge in [-0.2, -0.15) is 0 Å². The van der Waals surface area contributed by atoms with E-state index < -0.39 is 0 Å². The van der Waals surface area contributed by atoms with E-state index in [0.29, 0.717) is 0 Å². The molecule has 0 saturated heterocycles. The largest absolute Gasteiger partial charge is 0.309 e. The van der Waals surface area contributed by atoms with E-state index in [2.05, 4.69) is 59.4 Å². The monoisotopic (exact) mass is 351 g/mol. The van der Waals surface area contributed by atoms with Gasteiger partial charge in [-0.15, -0.1) is 0 Å². The zero-order chi connectivity index (χ0) is 14.9. The first kappa shape index (κ1) is 15.6. The van der Waals surface area contributed by atoms with E-state index in [0.717, 1.165) is 15.1 Å². The van der Waals surface area contributed by atoms with Crippen LogP contribution in [0.5, 0.6) is 0 Å². The average molecular weight is 353 g/mol. The minimum atomic E-state index is 0.178. The highest BCUT2D eigenvalue weighted by atomic mass is 79.9. The molecule has 0 spiro atoms. The predicted molar refractivity (Wildman–Crippen MR) is 90.7 cm³/mol. The van der Waals surface area contributed by atoms with Gasteiger partial charge < -0.3 is 5.32 Å². The molecule has 0 aromatic heterocycles. The van der Waals surface area contributed by atoms with Crippen LogP contribution in [0.25, 0.3) is 0 Å². The fraction of sp³-hybridized carbons (Fsp3) is 0.294. The van der Waals surface area contributed by atoms with E-state index in [9.17, 15) is 0 Å². The molecule has 0 bridgehead atoms. The van der Waals surface area contributed by atoms with Gasteiger partial charge in [0.05, 0.1) is 6.04 Å². The van der Waals surface area contributed by atoms with E-state index in [4.69, 9.17) is 11.6 Å². The number of rotatable bonds is 3. The summed E-state index contributed by atoms with van der Waals surface area (Å²) in [5.74, 6) is 0. The van der Waals surface area contributed by atoms with Crippen molar-refractivity contribution >= 4 is 27.5 Å². The number of nitrogens with one attached hydrogen (secondary N) is 1. The maximum absolute atomic E-state index is 6.20. The van der Waals surface area contributed by atoms with Crippen molar-refractivity contribution in [3.05, 3.63) is 67.6 Å². The van der Waals surface area contributed by atoms with Crippen molar-refractivity contribution in [3.8, 4) is 0 Å². The molecule has 2 rings (SSSR count). The van der Waals surface area contributed by atoms with Crippen molar-refractivity contribution < 1.29 is 0 Å². The Morgan fingerprint density at radius 2 is 1.70 bits per heavy atom. The summed E-state index contributed by atoms with van der Waals surface area (Å²) < 4.78 is 1.14. The Bertz CT molecular complexity index is 637. The molecule has 20 heavy (non-hydrogen) atoms. The normalized spacial score (nSPS) is 12.5. The molecule has 2 aromatic rings. The maximum atomic E-state index is 6.20. The molecule has 0 saturated carbocycles. The number of benzene rings is 2. The molecule has 0 aliphatic rings. The van der Waals surface area contributed by atoms with E-state index in [-0.39, 0.29) is 6.04 Å². The molecule has 3 heteroatoms. The number of hydrogen-bond acceptors (Lipinski definition) is 1. The van der Waals surface area contributed by atoms with E-state index >= 15 is 0 Å². The van der Waals surface area contributed by atoms with Gasteiger partial charge in [-0.05, 0) is 67.8 Å². The second-order valence-corrected chi connectivity index (χ2v) is 6.45. The lowest BCUT2D eigenvalue weighted by atomic mass is 9.93. The standard InChI is InChI=1S/C17H19BrClN/c1-10-9-16(19)12(3)8-14(10)17(20-4)13-5-6-15(18)11(2)7-13/h5-9,17,20H,1-4H3. The Morgan fingerprint density at radius 1 is 1.00 bits per heavy atom. The van der Waals surface area contributed by atoms with Crippen LogP contribution in [0.1, 0.15) is 33.9 Å². The van der Waals surface area contributed by atoms with E-state index in [1.165, 1.54) is 22.3 Å². The summed E-state index contributed by atoms with van der Waals surface area (Å²) in [7, 11) is 1.99. The quantitative estimate of drug-likeness (QED) is 0.786. The number of halogens is 2. The molecule has 1 N–H and O–H groups in total. The third kappa shape index (κ3) is 3.08. The molecule has 0 amide bonds. The molecule has 1 atom stereocenters. The molecule has 0 heterocycles. The molecular formula is C17H19BrClN. The van der Waals surface area contributed by atoms with Gasteiger partial charge in [0.1, 0.15) is 0 Å². The summed E-state index contributed by atoms with van der Waals surface area (Å²) in [6.07, 6.45) is 0. The fourth-order valence-corrected chi connectivity index (χ4v) is 2.93. The summed E-state index contributed by atoms with van der Waals surface area (Å²) in [4.78, 5) is 0. The van der Waals surface area contributed by atoms with Crippen LogP contribution in [0, 0.1) is 20.8 Å². The lowest BCUT2D eigenvalue weighted by molar-refractivity contribution is 0.686. The van der Waals surface area contributed by atoms with Crippen LogP contribution in [0.2, 0.25) is 5.02 Å². The predicted octanol–water partition coefficient (Wildman–Crippen LogP) is 5.34. The van der Waals surface area contributed by atoms with Crippen molar-refractivity contribution in [3.63, 3.8) is 0 Å². The van der Waals surface area contributed by atoms with Gasteiger partial charge in [0.2, 0.25) is 0 Å². The average Bonchev–Trinajstić information content (AvgIpc) is 2.40. The summed E-state index contributed by atoms with van der Waals surface area (Å²) in [5.41, 5.74) is 6.10. The van der Waals surface area contributed by atoms with Gasteiger partial charge >= 0.3 is 0 Å². The fourth-order valence-electron chi connectivity index (χ4n) is 2.46. The third-order valence-electron chi connectivity index (χ3n) is 3.66.